The summed E-state index contributed by atoms with van der Waals surface area (Å²) in [6, 6.07) is 4.26. The number of amides is 2. The number of rotatable bonds is 5. The van der Waals surface area contributed by atoms with Crippen LogP contribution in [-0.4, -0.2) is 40.1 Å². The number of thiophene rings is 1. The normalized spacial score (nSPS) is 19.2. The first-order chi connectivity index (χ1) is 11.6. The molecule has 0 spiro atoms. The molecular formula is C18H26N4OS. The summed E-state index contributed by atoms with van der Waals surface area (Å²) >= 11 is 1.75. The van der Waals surface area contributed by atoms with Crippen LogP contribution >= 0.6 is 11.3 Å². The minimum Gasteiger partial charge on any atom is -0.338 e. The lowest BCUT2D eigenvalue weighted by Gasteiger charge is -2.33. The van der Waals surface area contributed by atoms with E-state index in [4.69, 9.17) is 0 Å². The van der Waals surface area contributed by atoms with Crippen molar-refractivity contribution in [3.63, 3.8) is 0 Å². The third-order valence-corrected chi connectivity index (χ3v) is 5.89. The zero-order chi connectivity index (χ0) is 16.9. The molecule has 1 N–H and O–H groups in total. The van der Waals surface area contributed by atoms with E-state index in [1.54, 1.807) is 11.3 Å². The van der Waals surface area contributed by atoms with Crippen LogP contribution in [0.15, 0.2) is 29.9 Å². The van der Waals surface area contributed by atoms with E-state index in [1.807, 2.05) is 24.3 Å². The van der Waals surface area contributed by atoms with Gasteiger partial charge in [0.05, 0.1) is 0 Å². The molecule has 2 aromatic rings. The molecular weight excluding hydrogens is 320 g/mol. The number of piperidine rings is 1. The lowest BCUT2D eigenvalue weighted by molar-refractivity contribution is 0.164. The summed E-state index contributed by atoms with van der Waals surface area (Å²) in [6.07, 6.45) is 7.01. The quantitative estimate of drug-likeness (QED) is 0.903. The second-order valence-corrected chi connectivity index (χ2v) is 7.69. The average molecular weight is 347 g/mol. The summed E-state index contributed by atoms with van der Waals surface area (Å²) in [5.41, 5.74) is 0. The minimum absolute atomic E-state index is 0.0722. The number of hydrogen-bond acceptors (Lipinski definition) is 3. The Morgan fingerprint density at radius 1 is 1.54 bits per heavy atom. The zero-order valence-corrected chi connectivity index (χ0v) is 15.3. The Kier molecular flexibility index (Phi) is 5.56. The van der Waals surface area contributed by atoms with Gasteiger partial charge in [0.15, 0.2) is 0 Å². The summed E-state index contributed by atoms with van der Waals surface area (Å²) in [4.78, 5) is 20.2. The first kappa shape index (κ1) is 17.0. The lowest BCUT2D eigenvalue weighted by atomic mass is 9.94. The maximum absolute atomic E-state index is 12.5. The summed E-state index contributed by atoms with van der Waals surface area (Å²) in [6.45, 7) is 4.54. The van der Waals surface area contributed by atoms with Crippen LogP contribution in [0.4, 0.5) is 4.79 Å². The van der Waals surface area contributed by atoms with E-state index in [0.29, 0.717) is 18.4 Å². The van der Waals surface area contributed by atoms with Crippen LogP contribution < -0.4 is 5.32 Å². The number of imidazole rings is 1. The standard InChI is InChI=1S/C18H26N4OS/c1-14(16-6-4-10-24-16)12-20-18(23)22-8-3-5-15(13-22)11-17-19-7-9-21(17)2/h4,6-7,9-10,14-15H,3,5,8,11-13H2,1-2H3,(H,20,23)/t14-,15-/m1/s1. The number of likely N-dealkylation sites (tertiary alicyclic amines) is 1. The van der Waals surface area contributed by atoms with Gasteiger partial charge in [-0.05, 0) is 30.2 Å². The molecule has 0 saturated carbocycles. The lowest BCUT2D eigenvalue weighted by Crippen LogP contribution is -2.46. The number of nitrogens with zero attached hydrogens (tertiary/aromatic N) is 3. The van der Waals surface area contributed by atoms with Crippen LogP contribution in [0.3, 0.4) is 0 Å². The van der Waals surface area contributed by atoms with Gasteiger partial charge in [-0.1, -0.05) is 13.0 Å². The highest BCUT2D eigenvalue weighted by Gasteiger charge is 2.25. The fourth-order valence-corrected chi connectivity index (χ4v) is 4.08. The Hall–Kier alpha value is -1.82. The third kappa shape index (κ3) is 4.17. The molecule has 130 valence electrons. The molecule has 0 aromatic carbocycles. The van der Waals surface area contributed by atoms with E-state index in [0.717, 1.165) is 31.8 Å². The van der Waals surface area contributed by atoms with Gasteiger partial charge in [0.1, 0.15) is 5.82 Å². The number of hydrogen-bond donors (Lipinski definition) is 1. The molecule has 1 fully saturated rings. The molecule has 2 amide bonds. The van der Waals surface area contributed by atoms with Gasteiger partial charge in [0, 0.05) is 56.3 Å². The Bertz CT molecular complexity index is 652. The second kappa shape index (κ2) is 7.83. The number of aryl methyl sites for hydroxylation is 1. The highest BCUT2D eigenvalue weighted by molar-refractivity contribution is 7.10. The molecule has 6 heteroatoms. The van der Waals surface area contributed by atoms with Crippen LogP contribution in [-0.2, 0) is 13.5 Å². The van der Waals surface area contributed by atoms with Gasteiger partial charge in [-0.25, -0.2) is 9.78 Å². The molecule has 0 radical (unpaired) electrons. The van der Waals surface area contributed by atoms with Gasteiger partial charge in [0.25, 0.3) is 0 Å². The van der Waals surface area contributed by atoms with Gasteiger partial charge in [-0.3, -0.25) is 0 Å². The molecule has 3 heterocycles. The highest BCUT2D eigenvalue weighted by Crippen LogP contribution is 2.22. The second-order valence-electron chi connectivity index (χ2n) is 6.72. The average Bonchev–Trinajstić information content (AvgIpc) is 3.25. The first-order valence-corrected chi connectivity index (χ1v) is 9.54. The van der Waals surface area contributed by atoms with Crippen molar-refractivity contribution < 1.29 is 4.79 Å². The summed E-state index contributed by atoms with van der Waals surface area (Å²) in [7, 11) is 2.03. The molecule has 0 aliphatic carbocycles. The fraction of sp³-hybridized carbons (Fsp3) is 0.556. The van der Waals surface area contributed by atoms with Crippen molar-refractivity contribution in [2.24, 2.45) is 13.0 Å². The van der Waals surface area contributed by atoms with E-state index < -0.39 is 0 Å². The Morgan fingerprint density at radius 2 is 2.42 bits per heavy atom. The highest BCUT2D eigenvalue weighted by atomic mass is 32.1. The number of aromatic nitrogens is 2. The van der Waals surface area contributed by atoms with Crippen molar-refractivity contribution in [3.05, 3.63) is 40.6 Å². The Balaban J connectivity index is 1.49. The van der Waals surface area contributed by atoms with Crippen molar-refractivity contribution >= 4 is 17.4 Å². The molecule has 0 bridgehead atoms. The third-order valence-electron chi connectivity index (χ3n) is 4.79. The van der Waals surface area contributed by atoms with Crippen LogP contribution in [0.5, 0.6) is 0 Å². The molecule has 1 aliphatic rings. The molecule has 1 saturated heterocycles. The van der Waals surface area contributed by atoms with Crippen molar-refractivity contribution in [2.75, 3.05) is 19.6 Å². The van der Waals surface area contributed by atoms with Gasteiger partial charge in [-0.2, -0.15) is 0 Å². The van der Waals surface area contributed by atoms with Gasteiger partial charge in [0.2, 0.25) is 0 Å². The van der Waals surface area contributed by atoms with E-state index in [9.17, 15) is 4.79 Å². The fourth-order valence-electron chi connectivity index (χ4n) is 3.29. The number of carbonyl (C=O) groups excluding carboxylic acids is 1. The summed E-state index contributed by atoms with van der Waals surface area (Å²) in [5, 5.41) is 5.19. The smallest absolute Gasteiger partial charge is 0.317 e. The predicted octanol–water partition coefficient (Wildman–Crippen LogP) is 3.25. The minimum atomic E-state index is 0.0722. The van der Waals surface area contributed by atoms with Gasteiger partial charge < -0.3 is 14.8 Å². The number of nitrogens with one attached hydrogen (secondary N) is 1. The monoisotopic (exact) mass is 346 g/mol. The van der Waals surface area contributed by atoms with Crippen molar-refractivity contribution in [1.82, 2.24) is 19.8 Å². The van der Waals surface area contributed by atoms with Crippen molar-refractivity contribution in [3.8, 4) is 0 Å². The Morgan fingerprint density at radius 3 is 3.12 bits per heavy atom. The largest absolute Gasteiger partial charge is 0.338 e. The SMILES string of the molecule is C[C@H](CNC(=O)N1CCC[C@H](Cc2nccn2C)C1)c1cccs1. The molecule has 1 aliphatic heterocycles. The maximum Gasteiger partial charge on any atom is 0.317 e. The van der Waals surface area contributed by atoms with Gasteiger partial charge in [-0.15, -0.1) is 11.3 Å². The van der Waals surface area contributed by atoms with Crippen LogP contribution in [0, 0.1) is 5.92 Å². The van der Waals surface area contributed by atoms with Gasteiger partial charge >= 0.3 is 6.03 Å². The van der Waals surface area contributed by atoms with E-state index in [2.05, 4.69) is 39.3 Å². The van der Waals surface area contributed by atoms with Crippen molar-refractivity contribution in [2.45, 2.75) is 32.1 Å². The molecule has 3 rings (SSSR count). The summed E-state index contributed by atoms with van der Waals surface area (Å²) < 4.78 is 2.07. The number of carbonyl (C=O) groups is 1. The van der Waals surface area contributed by atoms with E-state index in [1.165, 1.54) is 11.3 Å². The van der Waals surface area contributed by atoms with E-state index >= 15 is 0 Å². The maximum atomic E-state index is 12.5. The predicted molar refractivity (Wildman–Crippen MR) is 97.3 cm³/mol. The topological polar surface area (TPSA) is 50.2 Å². The Labute approximate surface area is 147 Å². The van der Waals surface area contributed by atoms with E-state index in [-0.39, 0.29) is 6.03 Å². The molecule has 2 atom stereocenters. The first-order valence-electron chi connectivity index (χ1n) is 8.66. The molecule has 0 unspecified atom stereocenters. The molecule has 5 nitrogen and oxygen atoms in total. The van der Waals surface area contributed by atoms with Crippen LogP contribution in [0.2, 0.25) is 0 Å². The molecule has 24 heavy (non-hydrogen) atoms. The number of urea groups is 1. The zero-order valence-electron chi connectivity index (χ0n) is 14.4. The van der Waals surface area contributed by atoms with Crippen LogP contribution in [0.25, 0.3) is 0 Å². The van der Waals surface area contributed by atoms with Crippen LogP contribution in [0.1, 0.15) is 36.4 Å². The summed E-state index contributed by atoms with van der Waals surface area (Å²) in [5.74, 6) is 1.97. The van der Waals surface area contributed by atoms with Crippen molar-refractivity contribution in [1.29, 1.82) is 0 Å². The molecule has 2 aromatic heterocycles.